The van der Waals surface area contributed by atoms with Gasteiger partial charge in [0.2, 0.25) is 0 Å². The zero-order valence-electron chi connectivity index (χ0n) is 13.8. The van der Waals surface area contributed by atoms with Crippen LogP contribution in [0.15, 0.2) is 36.5 Å². The molecule has 0 bridgehead atoms. The fourth-order valence-electron chi connectivity index (χ4n) is 3.15. The predicted molar refractivity (Wildman–Crippen MR) is 89.6 cm³/mol. The molecule has 6 heteroatoms. The molecule has 3 rings (SSSR count). The largest absolute Gasteiger partial charge is 0.492 e. The molecule has 1 aliphatic heterocycles. The van der Waals surface area contributed by atoms with Crippen molar-refractivity contribution in [2.45, 2.75) is 25.3 Å². The molecule has 1 aromatic heterocycles. The molecule has 0 unspecified atom stereocenters. The van der Waals surface area contributed by atoms with Gasteiger partial charge >= 0.3 is 0 Å². The molecule has 1 saturated heterocycles. The van der Waals surface area contributed by atoms with Crippen LogP contribution in [-0.4, -0.2) is 52.6 Å². The van der Waals surface area contributed by atoms with Gasteiger partial charge in [-0.25, -0.2) is 4.39 Å². The van der Waals surface area contributed by atoms with Crippen molar-refractivity contribution in [1.29, 1.82) is 0 Å². The SMILES string of the molecule is OCCn1ccc([C@@H]2CCCN(CCOc3ccc(F)cc3)C2)n1. The van der Waals surface area contributed by atoms with E-state index in [-0.39, 0.29) is 12.4 Å². The van der Waals surface area contributed by atoms with Crippen LogP contribution in [0.5, 0.6) is 5.75 Å². The van der Waals surface area contributed by atoms with Gasteiger partial charge in [0.25, 0.3) is 0 Å². The maximum absolute atomic E-state index is 12.9. The first-order valence-corrected chi connectivity index (χ1v) is 8.49. The molecular weight excluding hydrogens is 309 g/mol. The van der Waals surface area contributed by atoms with Gasteiger partial charge in [0.15, 0.2) is 0 Å². The van der Waals surface area contributed by atoms with E-state index in [2.05, 4.69) is 16.1 Å². The Morgan fingerprint density at radius 2 is 2.04 bits per heavy atom. The molecule has 0 aliphatic carbocycles. The second-order valence-corrected chi connectivity index (χ2v) is 6.17. The van der Waals surface area contributed by atoms with Gasteiger partial charge in [0.05, 0.1) is 18.8 Å². The van der Waals surface area contributed by atoms with Gasteiger partial charge in [-0.05, 0) is 49.7 Å². The van der Waals surface area contributed by atoms with Crippen molar-refractivity contribution < 1.29 is 14.2 Å². The summed E-state index contributed by atoms with van der Waals surface area (Å²) in [6.45, 7) is 4.15. The van der Waals surface area contributed by atoms with Crippen LogP contribution in [0.25, 0.3) is 0 Å². The highest BCUT2D eigenvalue weighted by molar-refractivity contribution is 5.22. The minimum absolute atomic E-state index is 0.110. The van der Waals surface area contributed by atoms with Crippen molar-refractivity contribution in [2.75, 3.05) is 32.8 Å². The van der Waals surface area contributed by atoms with Crippen LogP contribution in [0.3, 0.4) is 0 Å². The second-order valence-electron chi connectivity index (χ2n) is 6.17. The lowest BCUT2D eigenvalue weighted by molar-refractivity contribution is 0.168. The number of piperidine rings is 1. The minimum atomic E-state index is -0.248. The Bertz CT molecular complexity index is 629. The quantitative estimate of drug-likeness (QED) is 0.844. The molecule has 0 saturated carbocycles. The summed E-state index contributed by atoms with van der Waals surface area (Å²) in [6, 6.07) is 8.19. The van der Waals surface area contributed by atoms with E-state index in [1.807, 2.05) is 6.20 Å². The molecule has 1 N–H and O–H groups in total. The topological polar surface area (TPSA) is 50.5 Å². The Kier molecular flexibility index (Phi) is 5.82. The highest BCUT2D eigenvalue weighted by Gasteiger charge is 2.23. The molecule has 1 atom stereocenters. The highest BCUT2D eigenvalue weighted by Crippen LogP contribution is 2.25. The molecule has 1 aliphatic rings. The first kappa shape index (κ1) is 16.9. The molecular formula is C18H24FN3O2. The third-order valence-corrected chi connectivity index (χ3v) is 4.40. The third kappa shape index (κ3) is 4.55. The lowest BCUT2D eigenvalue weighted by atomic mass is 9.95. The number of halogens is 1. The number of benzene rings is 1. The van der Waals surface area contributed by atoms with Gasteiger partial charge in [0.1, 0.15) is 18.2 Å². The van der Waals surface area contributed by atoms with Crippen LogP contribution in [-0.2, 0) is 6.54 Å². The first-order chi connectivity index (χ1) is 11.7. The van der Waals surface area contributed by atoms with E-state index in [1.54, 1.807) is 16.8 Å². The van der Waals surface area contributed by atoms with Gasteiger partial charge < -0.3 is 9.84 Å². The average Bonchev–Trinajstić information content (AvgIpc) is 3.06. The Hall–Kier alpha value is -1.92. The second kappa shape index (κ2) is 8.26. The van der Waals surface area contributed by atoms with E-state index in [9.17, 15) is 4.39 Å². The lowest BCUT2D eigenvalue weighted by Crippen LogP contribution is -2.37. The number of hydrogen-bond acceptors (Lipinski definition) is 4. The zero-order valence-corrected chi connectivity index (χ0v) is 13.8. The Morgan fingerprint density at radius 3 is 2.83 bits per heavy atom. The summed E-state index contributed by atoms with van der Waals surface area (Å²) >= 11 is 0. The van der Waals surface area contributed by atoms with Crippen LogP contribution >= 0.6 is 0 Å². The normalized spacial score (nSPS) is 18.7. The van der Waals surface area contributed by atoms with E-state index in [1.165, 1.54) is 12.1 Å². The molecule has 0 spiro atoms. The van der Waals surface area contributed by atoms with Gasteiger partial charge in [-0.1, -0.05) is 0 Å². The van der Waals surface area contributed by atoms with Crippen LogP contribution in [0, 0.1) is 5.82 Å². The smallest absolute Gasteiger partial charge is 0.123 e. The highest BCUT2D eigenvalue weighted by atomic mass is 19.1. The molecule has 2 heterocycles. The van der Waals surface area contributed by atoms with E-state index < -0.39 is 0 Å². The van der Waals surface area contributed by atoms with Crippen molar-refractivity contribution in [3.8, 4) is 5.75 Å². The predicted octanol–water partition coefficient (Wildman–Crippen LogP) is 2.27. The number of nitrogens with zero attached hydrogens (tertiary/aromatic N) is 3. The van der Waals surface area contributed by atoms with Crippen molar-refractivity contribution >= 4 is 0 Å². The molecule has 1 aromatic carbocycles. The maximum atomic E-state index is 12.9. The Morgan fingerprint density at radius 1 is 1.21 bits per heavy atom. The summed E-state index contributed by atoms with van der Waals surface area (Å²) < 4.78 is 20.4. The minimum Gasteiger partial charge on any atom is -0.492 e. The van der Waals surface area contributed by atoms with E-state index in [0.717, 1.165) is 38.2 Å². The molecule has 0 radical (unpaired) electrons. The van der Waals surface area contributed by atoms with Crippen LogP contribution in [0.2, 0.25) is 0 Å². The van der Waals surface area contributed by atoms with E-state index in [4.69, 9.17) is 9.84 Å². The number of likely N-dealkylation sites (tertiary alicyclic amines) is 1. The number of ether oxygens (including phenoxy) is 1. The van der Waals surface area contributed by atoms with Gasteiger partial charge in [-0.2, -0.15) is 5.10 Å². The lowest BCUT2D eigenvalue weighted by Gasteiger charge is -2.31. The Labute approximate surface area is 141 Å². The van der Waals surface area contributed by atoms with Gasteiger partial charge in [-0.3, -0.25) is 9.58 Å². The zero-order chi connectivity index (χ0) is 16.8. The summed E-state index contributed by atoms with van der Waals surface area (Å²) in [6.07, 6.45) is 4.22. The van der Waals surface area contributed by atoms with E-state index in [0.29, 0.717) is 24.8 Å². The molecule has 130 valence electrons. The molecule has 2 aromatic rings. The molecule has 24 heavy (non-hydrogen) atoms. The third-order valence-electron chi connectivity index (χ3n) is 4.40. The van der Waals surface area contributed by atoms with Gasteiger partial charge in [-0.15, -0.1) is 0 Å². The number of aliphatic hydroxyl groups is 1. The monoisotopic (exact) mass is 333 g/mol. The molecule has 1 fully saturated rings. The summed E-state index contributed by atoms with van der Waals surface area (Å²) in [4.78, 5) is 2.39. The number of hydrogen-bond donors (Lipinski definition) is 1. The van der Waals surface area contributed by atoms with Crippen LogP contribution in [0.4, 0.5) is 4.39 Å². The Balaban J connectivity index is 1.47. The number of aliphatic hydroxyl groups excluding tert-OH is 1. The van der Waals surface area contributed by atoms with Crippen molar-refractivity contribution in [2.24, 2.45) is 0 Å². The standard InChI is InChI=1S/C18H24FN3O2/c19-16-3-5-17(6-4-16)24-13-11-21-8-1-2-15(14-21)18-7-9-22(20-18)10-12-23/h3-7,9,15,23H,1-2,8,10-14H2/t15-/m1/s1. The number of aromatic nitrogens is 2. The van der Waals surface area contributed by atoms with Crippen molar-refractivity contribution in [3.05, 3.63) is 48.0 Å². The summed E-state index contributed by atoms with van der Waals surface area (Å²) in [7, 11) is 0. The van der Waals surface area contributed by atoms with Gasteiger partial charge in [0, 0.05) is 25.2 Å². The maximum Gasteiger partial charge on any atom is 0.123 e. The van der Waals surface area contributed by atoms with Crippen molar-refractivity contribution in [1.82, 2.24) is 14.7 Å². The summed E-state index contributed by atoms with van der Waals surface area (Å²) in [5, 5.41) is 13.5. The number of rotatable bonds is 7. The summed E-state index contributed by atoms with van der Waals surface area (Å²) in [5.41, 5.74) is 1.10. The van der Waals surface area contributed by atoms with E-state index >= 15 is 0 Å². The fraction of sp³-hybridized carbons (Fsp3) is 0.500. The summed E-state index contributed by atoms with van der Waals surface area (Å²) in [5.74, 6) is 0.888. The van der Waals surface area contributed by atoms with Crippen molar-refractivity contribution in [3.63, 3.8) is 0 Å². The fourth-order valence-corrected chi connectivity index (χ4v) is 3.15. The van der Waals surface area contributed by atoms with Crippen LogP contribution in [0.1, 0.15) is 24.5 Å². The average molecular weight is 333 g/mol. The molecule has 0 amide bonds. The first-order valence-electron chi connectivity index (χ1n) is 8.49. The molecule has 5 nitrogen and oxygen atoms in total. The van der Waals surface area contributed by atoms with Crippen LogP contribution < -0.4 is 4.74 Å².